The second-order valence-corrected chi connectivity index (χ2v) is 5.24. The highest BCUT2D eigenvalue weighted by Crippen LogP contribution is 2.27. The Morgan fingerprint density at radius 2 is 2.12 bits per heavy atom. The van der Waals surface area contributed by atoms with Gasteiger partial charge in [0.15, 0.2) is 0 Å². The van der Waals surface area contributed by atoms with Crippen LogP contribution in [0.3, 0.4) is 0 Å². The molecule has 2 rings (SSSR count). The molecule has 0 spiro atoms. The highest BCUT2D eigenvalue weighted by Gasteiger charge is 2.31. The maximum absolute atomic E-state index is 12.3. The highest BCUT2D eigenvalue weighted by atomic mass is 16.2. The lowest BCUT2D eigenvalue weighted by Crippen LogP contribution is -2.46. The summed E-state index contributed by atoms with van der Waals surface area (Å²) in [6.07, 6.45) is 5.91. The van der Waals surface area contributed by atoms with E-state index in [0.717, 1.165) is 19.4 Å². The van der Waals surface area contributed by atoms with Crippen LogP contribution in [0.5, 0.6) is 0 Å². The molecule has 1 N–H and O–H groups in total. The lowest BCUT2D eigenvalue weighted by molar-refractivity contribution is -0.134. The van der Waals surface area contributed by atoms with Crippen LogP contribution in [-0.4, -0.2) is 35.8 Å². The molecule has 0 aromatic heterocycles. The molecular weight excluding hydrogens is 216 g/mol. The maximum Gasteiger partial charge on any atom is 0.245 e. The predicted molar refractivity (Wildman–Crippen MR) is 65.4 cm³/mol. The van der Waals surface area contributed by atoms with E-state index in [-0.39, 0.29) is 17.9 Å². The highest BCUT2D eigenvalue weighted by molar-refractivity contribution is 5.89. The Bertz CT molecular complexity index is 300. The zero-order chi connectivity index (χ0) is 12.3. The summed E-state index contributed by atoms with van der Waals surface area (Å²) in [6, 6.07) is -0.282. The molecule has 1 aliphatic heterocycles. The summed E-state index contributed by atoms with van der Waals surface area (Å²) in [7, 11) is 0. The van der Waals surface area contributed by atoms with Crippen molar-refractivity contribution in [2.45, 2.75) is 51.5 Å². The van der Waals surface area contributed by atoms with Crippen molar-refractivity contribution in [2.24, 2.45) is 5.92 Å². The molecule has 1 unspecified atom stereocenters. The molecule has 2 aliphatic rings. The van der Waals surface area contributed by atoms with Gasteiger partial charge in [0, 0.05) is 19.5 Å². The van der Waals surface area contributed by atoms with Crippen molar-refractivity contribution in [3.63, 3.8) is 0 Å². The second-order valence-electron chi connectivity index (χ2n) is 5.24. The summed E-state index contributed by atoms with van der Waals surface area (Å²) in [6.45, 7) is 3.50. The van der Waals surface area contributed by atoms with Crippen LogP contribution in [0, 0.1) is 5.92 Å². The first-order chi connectivity index (χ1) is 8.20. The van der Waals surface area contributed by atoms with Crippen LogP contribution < -0.4 is 5.32 Å². The molecule has 1 heterocycles. The Morgan fingerprint density at radius 1 is 1.35 bits per heavy atom. The zero-order valence-corrected chi connectivity index (χ0v) is 10.6. The lowest BCUT2D eigenvalue weighted by atomic mass is 9.85. The van der Waals surface area contributed by atoms with Crippen molar-refractivity contribution in [3.05, 3.63) is 0 Å². The number of hydrogen-bond donors (Lipinski definition) is 1. The molecule has 1 aliphatic carbocycles. The van der Waals surface area contributed by atoms with Crippen molar-refractivity contribution in [2.75, 3.05) is 13.1 Å². The smallest absolute Gasteiger partial charge is 0.245 e. The van der Waals surface area contributed by atoms with Gasteiger partial charge in [-0.05, 0) is 25.2 Å². The average Bonchev–Trinajstić information content (AvgIpc) is 2.36. The van der Waals surface area contributed by atoms with Crippen molar-refractivity contribution in [3.8, 4) is 0 Å². The van der Waals surface area contributed by atoms with E-state index in [4.69, 9.17) is 0 Å². The number of rotatable bonds is 4. The van der Waals surface area contributed by atoms with Gasteiger partial charge >= 0.3 is 0 Å². The molecule has 2 fully saturated rings. The summed E-state index contributed by atoms with van der Waals surface area (Å²) in [5.41, 5.74) is 0. The van der Waals surface area contributed by atoms with Crippen LogP contribution in [0.2, 0.25) is 0 Å². The number of amides is 2. The fraction of sp³-hybridized carbons (Fsp3) is 0.846. The monoisotopic (exact) mass is 238 g/mol. The van der Waals surface area contributed by atoms with Gasteiger partial charge in [-0.25, -0.2) is 0 Å². The van der Waals surface area contributed by atoms with Crippen LogP contribution >= 0.6 is 0 Å². The van der Waals surface area contributed by atoms with Gasteiger partial charge in [0.2, 0.25) is 11.8 Å². The third kappa shape index (κ3) is 2.99. The zero-order valence-electron chi connectivity index (χ0n) is 10.6. The third-order valence-electron chi connectivity index (χ3n) is 3.83. The van der Waals surface area contributed by atoms with Crippen molar-refractivity contribution < 1.29 is 9.59 Å². The standard InChI is InChI=1S/C13H22N2O2/c1-2-4-11-13(17)15(8-7-12(16)14-11)9-10-5-3-6-10/h10-11H,2-9H2,1H3,(H,14,16). The van der Waals surface area contributed by atoms with Crippen LogP contribution in [-0.2, 0) is 9.59 Å². The molecule has 17 heavy (non-hydrogen) atoms. The Kier molecular flexibility index (Phi) is 4.02. The Hall–Kier alpha value is -1.06. The SMILES string of the molecule is CCCC1NC(=O)CCN(CC2CCC2)C1=O. The topological polar surface area (TPSA) is 49.4 Å². The minimum atomic E-state index is -0.282. The Labute approximate surface area is 103 Å². The van der Waals surface area contributed by atoms with E-state index < -0.39 is 0 Å². The third-order valence-corrected chi connectivity index (χ3v) is 3.83. The molecule has 4 nitrogen and oxygen atoms in total. The van der Waals surface area contributed by atoms with Crippen LogP contribution in [0.15, 0.2) is 0 Å². The molecule has 4 heteroatoms. The Morgan fingerprint density at radius 3 is 2.71 bits per heavy atom. The fourth-order valence-corrected chi connectivity index (χ4v) is 2.55. The first-order valence-corrected chi connectivity index (χ1v) is 6.79. The minimum Gasteiger partial charge on any atom is -0.344 e. The molecule has 0 aromatic carbocycles. The number of nitrogens with one attached hydrogen (secondary N) is 1. The fourth-order valence-electron chi connectivity index (χ4n) is 2.55. The predicted octanol–water partition coefficient (Wildman–Crippen LogP) is 1.30. The number of carbonyl (C=O) groups excluding carboxylic acids is 2. The van der Waals surface area contributed by atoms with Crippen molar-refractivity contribution in [1.82, 2.24) is 10.2 Å². The summed E-state index contributed by atoms with van der Waals surface area (Å²) >= 11 is 0. The van der Waals surface area contributed by atoms with E-state index in [1.54, 1.807) is 0 Å². The first-order valence-electron chi connectivity index (χ1n) is 6.79. The number of nitrogens with zero attached hydrogens (tertiary/aromatic N) is 1. The number of carbonyl (C=O) groups is 2. The Balaban J connectivity index is 1.98. The van der Waals surface area contributed by atoms with Gasteiger partial charge in [-0.15, -0.1) is 0 Å². The second kappa shape index (κ2) is 5.52. The largest absolute Gasteiger partial charge is 0.344 e. The van der Waals surface area contributed by atoms with E-state index in [0.29, 0.717) is 18.9 Å². The minimum absolute atomic E-state index is 0.0212. The van der Waals surface area contributed by atoms with Crippen LogP contribution in [0.1, 0.15) is 45.4 Å². The van der Waals surface area contributed by atoms with Crippen LogP contribution in [0.4, 0.5) is 0 Å². The van der Waals surface area contributed by atoms with Gasteiger partial charge in [-0.1, -0.05) is 19.8 Å². The average molecular weight is 238 g/mol. The van der Waals surface area contributed by atoms with Crippen molar-refractivity contribution >= 4 is 11.8 Å². The summed E-state index contributed by atoms with van der Waals surface area (Å²) in [5, 5.41) is 2.84. The molecule has 1 atom stereocenters. The van der Waals surface area contributed by atoms with Crippen molar-refractivity contribution in [1.29, 1.82) is 0 Å². The summed E-state index contributed by atoms with van der Waals surface area (Å²) in [4.78, 5) is 25.7. The van der Waals surface area contributed by atoms with Gasteiger partial charge in [0.25, 0.3) is 0 Å². The van der Waals surface area contributed by atoms with Crippen LogP contribution in [0.25, 0.3) is 0 Å². The molecular formula is C13H22N2O2. The molecule has 1 saturated heterocycles. The first kappa shape index (κ1) is 12.4. The molecule has 0 bridgehead atoms. The van der Waals surface area contributed by atoms with Gasteiger partial charge in [-0.3, -0.25) is 9.59 Å². The molecule has 96 valence electrons. The van der Waals surface area contributed by atoms with Gasteiger partial charge in [0.05, 0.1) is 0 Å². The molecule has 2 amide bonds. The quantitative estimate of drug-likeness (QED) is 0.802. The van der Waals surface area contributed by atoms with Gasteiger partial charge in [-0.2, -0.15) is 0 Å². The van der Waals surface area contributed by atoms with Gasteiger partial charge in [0.1, 0.15) is 6.04 Å². The van der Waals surface area contributed by atoms with E-state index in [1.807, 2.05) is 11.8 Å². The van der Waals surface area contributed by atoms with E-state index in [9.17, 15) is 9.59 Å². The molecule has 0 aromatic rings. The summed E-state index contributed by atoms with van der Waals surface area (Å²) < 4.78 is 0. The van der Waals surface area contributed by atoms with E-state index in [1.165, 1.54) is 19.3 Å². The van der Waals surface area contributed by atoms with E-state index in [2.05, 4.69) is 5.32 Å². The lowest BCUT2D eigenvalue weighted by Gasteiger charge is -2.32. The normalized spacial score (nSPS) is 26.4. The van der Waals surface area contributed by atoms with Gasteiger partial charge < -0.3 is 10.2 Å². The number of hydrogen-bond acceptors (Lipinski definition) is 2. The maximum atomic E-state index is 12.3. The molecule has 1 saturated carbocycles. The van der Waals surface area contributed by atoms with E-state index >= 15 is 0 Å². The summed E-state index contributed by atoms with van der Waals surface area (Å²) in [5.74, 6) is 0.826. The molecule has 0 radical (unpaired) electrons.